The summed E-state index contributed by atoms with van der Waals surface area (Å²) in [6.45, 7) is 21.4. The number of rotatable bonds is 30. The van der Waals surface area contributed by atoms with Crippen molar-refractivity contribution < 1.29 is 58.0 Å². The number of nitrogens with zero attached hydrogens (tertiary/aromatic N) is 1. The van der Waals surface area contributed by atoms with Crippen LogP contribution >= 0.6 is 0 Å². The summed E-state index contributed by atoms with van der Waals surface area (Å²) in [5.74, 6) is -4.56. The second-order valence-electron chi connectivity index (χ2n) is 18.4. The molecule has 59 heavy (non-hydrogen) atoms. The average molecular weight is 843 g/mol. The highest BCUT2D eigenvalue weighted by molar-refractivity contribution is 5.90. The van der Waals surface area contributed by atoms with Crippen molar-refractivity contribution in [3.63, 3.8) is 0 Å². The number of carboxylic acids is 2. The van der Waals surface area contributed by atoms with Crippen LogP contribution in [-0.4, -0.2) is 133 Å². The molecular formula is C41H74N6O12. The monoisotopic (exact) mass is 843 g/mol. The van der Waals surface area contributed by atoms with Crippen LogP contribution in [0.4, 0.5) is 0 Å². The number of carbonyl (C=O) groups is 8. The molecule has 0 spiro atoms. The molecule has 6 amide bonds. The first-order valence-electron chi connectivity index (χ1n) is 20.4. The Labute approximate surface area is 350 Å². The van der Waals surface area contributed by atoms with Crippen LogP contribution in [0.15, 0.2) is 0 Å². The lowest BCUT2D eigenvalue weighted by Gasteiger charge is -2.34. The highest BCUT2D eigenvalue weighted by Gasteiger charge is 2.38. The van der Waals surface area contributed by atoms with Crippen molar-refractivity contribution in [1.82, 2.24) is 31.5 Å². The third-order valence-electron chi connectivity index (χ3n) is 9.38. The van der Waals surface area contributed by atoms with Crippen LogP contribution in [0.2, 0.25) is 0 Å². The zero-order chi connectivity index (χ0) is 45.8. The summed E-state index contributed by atoms with van der Waals surface area (Å²) in [7, 11) is 0. The van der Waals surface area contributed by atoms with Crippen LogP contribution in [0.5, 0.6) is 0 Å². The summed E-state index contributed by atoms with van der Waals surface area (Å²) in [6, 6.07) is -1.50. The minimum absolute atomic E-state index is 0.000698. The lowest BCUT2D eigenvalue weighted by atomic mass is 9.72. The van der Waals surface area contributed by atoms with Crippen LogP contribution in [0, 0.1) is 21.7 Å². The van der Waals surface area contributed by atoms with E-state index >= 15 is 0 Å². The predicted molar refractivity (Wildman–Crippen MR) is 221 cm³/mol. The summed E-state index contributed by atoms with van der Waals surface area (Å²) in [4.78, 5) is 101. The van der Waals surface area contributed by atoms with Gasteiger partial charge in [-0.15, -0.1) is 0 Å². The van der Waals surface area contributed by atoms with E-state index < -0.39 is 63.3 Å². The first-order valence-corrected chi connectivity index (χ1v) is 20.4. The smallest absolute Gasteiger partial charge is 0.326 e. The zero-order valence-electron chi connectivity index (χ0n) is 37.6. The molecule has 0 fully saturated rings. The van der Waals surface area contributed by atoms with Gasteiger partial charge in [0.05, 0.1) is 26.2 Å². The molecule has 0 aromatic heterocycles. The fourth-order valence-electron chi connectivity index (χ4n) is 6.21. The van der Waals surface area contributed by atoms with Gasteiger partial charge in [0.25, 0.3) is 0 Å². The van der Waals surface area contributed by atoms with Gasteiger partial charge in [0.2, 0.25) is 35.4 Å². The summed E-state index contributed by atoms with van der Waals surface area (Å²) >= 11 is 0. The van der Waals surface area contributed by atoms with Crippen LogP contribution in [0.25, 0.3) is 0 Å². The molecule has 0 aliphatic rings. The fourth-order valence-corrected chi connectivity index (χ4v) is 6.21. The van der Waals surface area contributed by atoms with E-state index in [9.17, 15) is 48.6 Å². The Bertz CT molecular complexity index is 1400. The minimum Gasteiger partial charge on any atom is -0.481 e. The first kappa shape index (κ1) is 54.7. The van der Waals surface area contributed by atoms with E-state index in [2.05, 4.69) is 26.6 Å². The van der Waals surface area contributed by atoms with Gasteiger partial charge in [0, 0.05) is 54.4 Å². The third kappa shape index (κ3) is 23.8. The number of ether oxygens (including phenoxy) is 2. The Kier molecular flexibility index (Phi) is 23.5. The van der Waals surface area contributed by atoms with Gasteiger partial charge in [0.1, 0.15) is 19.1 Å². The minimum atomic E-state index is -1.24. The zero-order valence-corrected chi connectivity index (χ0v) is 37.6. The van der Waals surface area contributed by atoms with Gasteiger partial charge >= 0.3 is 11.9 Å². The Hall–Kier alpha value is -4.32. The quantitative estimate of drug-likeness (QED) is 0.0514. The van der Waals surface area contributed by atoms with Gasteiger partial charge < -0.3 is 51.2 Å². The number of hydrogen-bond donors (Lipinski definition) is 7. The molecule has 0 unspecified atom stereocenters. The van der Waals surface area contributed by atoms with Gasteiger partial charge in [-0.25, -0.2) is 4.79 Å². The van der Waals surface area contributed by atoms with Crippen molar-refractivity contribution in [2.45, 2.75) is 140 Å². The highest BCUT2D eigenvalue weighted by Crippen LogP contribution is 2.36. The molecule has 0 saturated carbocycles. The Morgan fingerprint density at radius 1 is 0.593 bits per heavy atom. The first-order chi connectivity index (χ1) is 27.0. The molecule has 18 heteroatoms. The van der Waals surface area contributed by atoms with E-state index in [1.807, 2.05) is 0 Å². The maximum atomic E-state index is 13.0. The normalized spacial score (nSPS) is 12.7. The van der Waals surface area contributed by atoms with E-state index in [1.165, 1.54) is 4.90 Å². The molecular weight excluding hydrogens is 768 g/mol. The van der Waals surface area contributed by atoms with Crippen molar-refractivity contribution in [3.05, 3.63) is 0 Å². The van der Waals surface area contributed by atoms with Crippen LogP contribution in [-0.2, 0) is 47.8 Å². The van der Waals surface area contributed by atoms with Crippen molar-refractivity contribution >= 4 is 47.4 Å². The second-order valence-corrected chi connectivity index (χ2v) is 18.4. The fraction of sp³-hybridized carbons (Fsp3) is 0.805. The Morgan fingerprint density at radius 3 is 1.54 bits per heavy atom. The molecule has 1 atom stereocenters. The molecule has 18 nitrogen and oxygen atoms in total. The van der Waals surface area contributed by atoms with Crippen molar-refractivity contribution in [2.24, 2.45) is 21.7 Å². The topological polar surface area (TPSA) is 259 Å². The summed E-state index contributed by atoms with van der Waals surface area (Å²) < 4.78 is 11.2. The summed E-state index contributed by atoms with van der Waals surface area (Å²) in [6.07, 6.45) is 0.530. The Morgan fingerprint density at radius 2 is 1.07 bits per heavy atom. The molecule has 0 aromatic rings. The van der Waals surface area contributed by atoms with E-state index in [1.54, 1.807) is 83.1 Å². The Balaban J connectivity index is 4.64. The van der Waals surface area contributed by atoms with Gasteiger partial charge in [0.15, 0.2) is 0 Å². The number of carboxylic acid groups (broad SMARTS) is 2. The number of amides is 6. The number of hydrogen-bond acceptors (Lipinski definition) is 10. The van der Waals surface area contributed by atoms with E-state index in [0.717, 1.165) is 0 Å². The standard InChI is InChI=1S/C41H74N6O12/c1-27(2)44-30(48)24-47(25-31(49)45-28(3)4)32(50)14-17-42-36(56)40(9,10)16-19-58-21-22-59-20-18-43-35(55)39(7,8)15-13-29(34(53)54)46-37(57)41(11,12)26-38(5,6)23-33(51)52/h27-29H,13-26H2,1-12H3,(H,42,56)(H,43,55)(H,44,48)(H,45,49)(H,46,57)(H,51,52)(H,53,54)/t29-/m0/s1. The third-order valence-corrected chi connectivity index (χ3v) is 9.38. The highest BCUT2D eigenvalue weighted by atomic mass is 16.5. The summed E-state index contributed by atoms with van der Waals surface area (Å²) in [5, 5.41) is 32.5. The van der Waals surface area contributed by atoms with E-state index in [-0.39, 0.29) is 109 Å². The maximum Gasteiger partial charge on any atom is 0.326 e. The molecule has 0 rings (SSSR count). The van der Waals surface area contributed by atoms with Crippen LogP contribution in [0.3, 0.4) is 0 Å². The number of nitrogens with one attached hydrogen (secondary N) is 5. The predicted octanol–water partition coefficient (Wildman–Crippen LogP) is 2.23. The van der Waals surface area contributed by atoms with Crippen molar-refractivity contribution in [2.75, 3.05) is 52.6 Å². The van der Waals surface area contributed by atoms with E-state index in [0.29, 0.717) is 6.42 Å². The lowest BCUT2D eigenvalue weighted by Crippen LogP contribution is -2.48. The largest absolute Gasteiger partial charge is 0.481 e. The molecule has 0 saturated heterocycles. The molecule has 0 radical (unpaired) electrons. The second kappa shape index (κ2) is 25.3. The SMILES string of the molecule is CC(C)NC(=O)CN(CC(=O)NC(C)C)C(=O)CCNC(=O)C(C)(C)CCOCCOCCNC(=O)C(C)(C)CC[C@H](NC(=O)C(C)(C)CC(C)(C)CC(=O)O)C(=O)O. The molecule has 0 aliphatic carbocycles. The molecule has 0 bridgehead atoms. The van der Waals surface area contributed by atoms with Crippen LogP contribution < -0.4 is 26.6 Å². The molecule has 0 heterocycles. The van der Waals surface area contributed by atoms with Crippen molar-refractivity contribution in [3.8, 4) is 0 Å². The summed E-state index contributed by atoms with van der Waals surface area (Å²) in [5.41, 5.74) is -3.49. The van der Waals surface area contributed by atoms with Crippen molar-refractivity contribution in [1.29, 1.82) is 0 Å². The van der Waals surface area contributed by atoms with E-state index in [4.69, 9.17) is 9.47 Å². The lowest BCUT2D eigenvalue weighted by molar-refractivity contribution is -0.145. The molecule has 0 aromatic carbocycles. The molecule has 7 N–H and O–H groups in total. The molecule has 0 aliphatic heterocycles. The van der Waals surface area contributed by atoms with Gasteiger partial charge in [-0.05, 0) is 58.8 Å². The molecule has 340 valence electrons. The average Bonchev–Trinajstić information content (AvgIpc) is 3.06. The van der Waals surface area contributed by atoms with Gasteiger partial charge in [-0.2, -0.15) is 0 Å². The van der Waals surface area contributed by atoms with Crippen LogP contribution in [0.1, 0.15) is 122 Å². The van der Waals surface area contributed by atoms with Gasteiger partial charge in [-0.1, -0.05) is 55.4 Å². The number of carbonyl (C=O) groups excluding carboxylic acids is 6. The van der Waals surface area contributed by atoms with Gasteiger partial charge in [-0.3, -0.25) is 33.6 Å². The number of aliphatic carboxylic acids is 2. The maximum absolute atomic E-state index is 13.0.